The molecule has 0 heterocycles. The first-order chi connectivity index (χ1) is 10.5. The number of alkyl halides is 4. The van der Waals surface area contributed by atoms with Crippen LogP contribution in [0.5, 0.6) is 0 Å². The van der Waals surface area contributed by atoms with Gasteiger partial charge in [0.1, 0.15) is 10.8 Å². The number of esters is 2. The van der Waals surface area contributed by atoms with Crippen LogP contribution in [0, 0.1) is 5.92 Å². The average Bonchev–Trinajstić information content (AvgIpc) is 2.71. The van der Waals surface area contributed by atoms with E-state index in [0.717, 1.165) is 21.3 Å². The summed E-state index contributed by atoms with van der Waals surface area (Å²) in [6, 6.07) is 0. The number of ether oxygens (including phenoxy) is 3. The number of halogens is 6. The molecule has 0 saturated heterocycles. The van der Waals surface area contributed by atoms with Crippen LogP contribution in [0.4, 0.5) is 0 Å². The van der Waals surface area contributed by atoms with E-state index >= 15 is 0 Å². The Morgan fingerprint density at radius 1 is 0.957 bits per heavy atom. The summed E-state index contributed by atoms with van der Waals surface area (Å²) in [5.74, 6) is -3.63. The van der Waals surface area contributed by atoms with Crippen molar-refractivity contribution < 1.29 is 23.8 Å². The molecular weight excluding hydrogens is 437 g/mol. The van der Waals surface area contributed by atoms with Crippen molar-refractivity contribution in [3.05, 3.63) is 10.1 Å². The molecule has 0 aromatic rings. The first-order valence-electron chi connectivity index (χ1n) is 6.00. The first kappa shape index (κ1) is 19.7. The van der Waals surface area contributed by atoms with E-state index in [0.29, 0.717) is 0 Å². The minimum absolute atomic E-state index is 0.271. The summed E-state index contributed by atoms with van der Waals surface area (Å²) in [6.07, 6.45) is 0. The fourth-order valence-corrected chi connectivity index (χ4v) is 6.24. The lowest BCUT2D eigenvalue weighted by Crippen LogP contribution is -2.64. The molecule has 4 atom stereocenters. The van der Waals surface area contributed by atoms with Gasteiger partial charge in [-0.2, -0.15) is 0 Å². The van der Waals surface area contributed by atoms with Crippen molar-refractivity contribution in [2.75, 3.05) is 21.3 Å². The normalized spacial score (nSPS) is 41.2. The molecule has 2 aliphatic carbocycles. The van der Waals surface area contributed by atoms with Gasteiger partial charge in [0.2, 0.25) is 5.60 Å². The molecule has 1 fully saturated rings. The third kappa shape index (κ3) is 1.77. The van der Waals surface area contributed by atoms with Gasteiger partial charge in [-0.05, 0) is 0 Å². The number of allylic oxidation sites excluding steroid dienone is 1. The van der Waals surface area contributed by atoms with Crippen molar-refractivity contribution >= 4 is 81.5 Å². The predicted octanol–water partition coefficient (Wildman–Crippen LogP) is 3.18. The standard InChI is InChI=1S/C12H10Cl6O5/c1-21-7(19)4-9(15)5(13)6(14)11(16,12(9,17)18)10(4,23-3)8(20)22-2/h4H,1-3H3/t4-,9+,10+,11+/m1/s1. The molecule has 1 saturated carbocycles. The van der Waals surface area contributed by atoms with Gasteiger partial charge in [-0.3, -0.25) is 4.79 Å². The third-order valence-corrected chi connectivity index (χ3v) is 8.51. The number of carbonyl (C=O) groups excluding carboxylic acids is 2. The van der Waals surface area contributed by atoms with Gasteiger partial charge in [0, 0.05) is 7.11 Å². The van der Waals surface area contributed by atoms with E-state index in [9.17, 15) is 9.59 Å². The molecule has 5 nitrogen and oxygen atoms in total. The summed E-state index contributed by atoms with van der Waals surface area (Å²) in [5.41, 5.74) is -2.25. The number of rotatable bonds is 3. The molecule has 2 bridgehead atoms. The second kappa shape index (κ2) is 5.70. The SMILES string of the molecule is COC(=O)[C@@H]1[C@]2(Cl)C(Cl)=C(Cl)[C@@](Cl)(C2(Cl)Cl)[C@@]1(OC)C(=O)OC. The molecule has 0 amide bonds. The molecule has 0 radical (unpaired) electrons. The topological polar surface area (TPSA) is 61.8 Å². The molecule has 0 aliphatic heterocycles. The number of carbonyl (C=O) groups is 2. The lowest BCUT2D eigenvalue weighted by Gasteiger charge is -2.43. The molecule has 11 heteroatoms. The summed E-state index contributed by atoms with van der Waals surface area (Å²) in [5, 5.41) is -0.582. The predicted molar refractivity (Wildman–Crippen MR) is 87.6 cm³/mol. The molecule has 130 valence electrons. The van der Waals surface area contributed by atoms with E-state index < -0.39 is 37.5 Å². The van der Waals surface area contributed by atoms with Gasteiger partial charge < -0.3 is 14.2 Å². The summed E-state index contributed by atoms with van der Waals surface area (Å²) in [7, 11) is 3.25. The Bertz CT molecular complexity index is 621. The number of hydrogen-bond donors (Lipinski definition) is 0. The summed E-state index contributed by atoms with van der Waals surface area (Å²) < 4.78 is 12.6. The third-order valence-electron chi connectivity index (χ3n) is 4.27. The average molecular weight is 447 g/mol. The molecular formula is C12H10Cl6O5. The molecule has 2 rings (SSSR count). The van der Waals surface area contributed by atoms with Crippen LogP contribution in [0.1, 0.15) is 0 Å². The van der Waals surface area contributed by atoms with Crippen LogP contribution >= 0.6 is 69.6 Å². The Morgan fingerprint density at radius 2 is 1.48 bits per heavy atom. The molecule has 2 aliphatic rings. The maximum absolute atomic E-state index is 12.5. The second-order valence-corrected chi connectivity index (χ2v) is 8.21. The van der Waals surface area contributed by atoms with Crippen molar-refractivity contribution in [2.45, 2.75) is 19.7 Å². The summed E-state index contributed by atoms with van der Waals surface area (Å²) in [6.45, 7) is 0. The zero-order valence-electron chi connectivity index (χ0n) is 11.9. The molecule has 0 aromatic heterocycles. The van der Waals surface area contributed by atoms with Crippen LogP contribution in [0.2, 0.25) is 0 Å². The van der Waals surface area contributed by atoms with E-state index in [4.69, 9.17) is 83.8 Å². The minimum atomic E-state index is -2.25. The Balaban J connectivity index is 2.97. The largest absolute Gasteiger partial charge is 0.469 e. The van der Waals surface area contributed by atoms with Gasteiger partial charge >= 0.3 is 11.9 Å². The van der Waals surface area contributed by atoms with Gasteiger partial charge in [0.25, 0.3) is 0 Å². The van der Waals surface area contributed by atoms with Gasteiger partial charge in [-0.1, -0.05) is 46.4 Å². The molecule has 0 N–H and O–H groups in total. The Kier molecular flexibility index (Phi) is 4.88. The van der Waals surface area contributed by atoms with E-state index in [1.807, 2.05) is 0 Å². The Hall–Kier alpha value is 0.380. The fourth-order valence-electron chi connectivity index (χ4n) is 3.22. The lowest BCUT2D eigenvalue weighted by molar-refractivity contribution is -0.183. The van der Waals surface area contributed by atoms with Crippen molar-refractivity contribution in [3.63, 3.8) is 0 Å². The van der Waals surface area contributed by atoms with Crippen LogP contribution in [0.3, 0.4) is 0 Å². The fraction of sp³-hybridized carbons (Fsp3) is 0.667. The summed E-state index contributed by atoms with van der Waals surface area (Å²) >= 11 is 38.1. The van der Waals surface area contributed by atoms with Gasteiger partial charge in [-0.25, -0.2) is 4.79 Å². The monoisotopic (exact) mass is 444 g/mol. The highest BCUT2D eigenvalue weighted by atomic mass is 35.5. The molecule has 23 heavy (non-hydrogen) atoms. The Labute approximate surface area is 162 Å². The zero-order valence-corrected chi connectivity index (χ0v) is 16.4. The smallest absolute Gasteiger partial charge is 0.341 e. The van der Waals surface area contributed by atoms with E-state index in [1.165, 1.54) is 0 Å². The lowest BCUT2D eigenvalue weighted by atomic mass is 9.77. The highest BCUT2D eigenvalue weighted by Gasteiger charge is 2.92. The first-order valence-corrected chi connectivity index (χ1v) is 8.26. The van der Waals surface area contributed by atoms with Gasteiger partial charge in [0.15, 0.2) is 9.21 Å². The highest BCUT2D eigenvalue weighted by molar-refractivity contribution is 6.67. The summed E-state index contributed by atoms with van der Waals surface area (Å²) in [4.78, 5) is 20.7. The van der Waals surface area contributed by atoms with E-state index in [-0.39, 0.29) is 10.1 Å². The zero-order chi connectivity index (χ0) is 18.0. The molecule has 0 spiro atoms. The highest BCUT2D eigenvalue weighted by Crippen LogP contribution is 2.78. The van der Waals surface area contributed by atoms with Crippen LogP contribution in [0.25, 0.3) is 0 Å². The number of fused-ring (bicyclic) bond motifs is 2. The van der Waals surface area contributed by atoms with E-state index in [1.54, 1.807) is 0 Å². The second-order valence-electron chi connectivity index (χ2n) is 4.96. The van der Waals surface area contributed by atoms with Gasteiger partial charge in [-0.15, -0.1) is 23.2 Å². The van der Waals surface area contributed by atoms with Crippen LogP contribution in [0.15, 0.2) is 10.1 Å². The maximum Gasteiger partial charge on any atom is 0.341 e. The quantitative estimate of drug-likeness (QED) is 0.492. The molecule has 0 aromatic carbocycles. The van der Waals surface area contributed by atoms with Crippen molar-refractivity contribution in [1.82, 2.24) is 0 Å². The van der Waals surface area contributed by atoms with Crippen LogP contribution in [-0.4, -0.2) is 53.0 Å². The van der Waals surface area contributed by atoms with Crippen molar-refractivity contribution in [1.29, 1.82) is 0 Å². The number of hydrogen-bond acceptors (Lipinski definition) is 5. The molecule has 0 unspecified atom stereocenters. The maximum atomic E-state index is 12.5. The number of methoxy groups -OCH3 is 3. The van der Waals surface area contributed by atoms with Crippen LogP contribution < -0.4 is 0 Å². The van der Waals surface area contributed by atoms with Gasteiger partial charge in [0.05, 0.1) is 24.3 Å². The van der Waals surface area contributed by atoms with E-state index in [2.05, 4.69) is 0 Å². The van der Waals surface area contributed by atoms with Crippen molar-refractivity contribution in [2.24, 2.45) is 5.92 Å². The van der Waals surface area contributed by atoms with Crippen LogP contribution in [-0.2, 0) is 23.8 Å². The minimum Gasteiger partial charge on any atom is -0.469 e. The Morgan fingerprint density at radius 3 is 1.87 bits per heavy atom. The van der Waals surface area contributed by atoms with Crippen molar-refractivity contribution in [3.8, 4) is 0 Å².